The number of nitriles is 1. The summed E-state index contributed by atoms with van der Waals surface area (Å²) in [5.74, 6) is 0.542. The summed E-state index contributed by atoms with van der Waals surface area (Å²) in [4.78, 5) is 0.0582. The highest BCUT2D eigenvalue weighted by Crippen LogP contribution is 2.20. The number of hydrogen-bond donors (Lipinski definition) is 2. The first-order chi connectivity index (χ1) is 10.1. The Morgan fingerprint density at radius 2 is 2.29 bits per heavy atom. The summed E-state index contributed by atoms with van der Waals surface area (Å²) in [6, 6.07) is 8.66. The quantitative estimate of drug-likeness (QED) is 0.759. The van der Waals surface area contributed by atoms with Gasteiger partial charge in [-0.3, -0.25) is 9.82 Å². The minimum Gasteiger partial charge on any atom is -0.493 e. The Bertz CT molecular complexity index is 720. The van der Waals surface area contributed by atoms with E-state index in [1.165, 1.54) is 12.4 Å². The van der Waals surface area contributed by atoms with E-state index in [4.69, 9.17) is 10.00 Å². The van der Waals surface area contributed by atoms with Crippen molar-refractivity contribution in [2.45, 2.75) is 17.7 Å². The number of unbranched alkanes of at least 4 members (excludes halogenated alkanes) is 1. The second-order valence-corrected chi connectivity index (χ2v) is 5.86. The van der Waals surface area contributed by atoms with Gasteiger partial charge in [-0.15, -0.1) is 0 Å². The third-order valence-electron chi connectivity index (χ3n) is 2.57. The van der Waals surface area contributed by atoms with E-state index in [-0.39, 0.29) is 4.90 Å². The minimum absolute atomic E-state index is 0.0582. The number of anilines is 1. The van der Waals surface area contributed by atoms with E-state index in [1.807, 2.05) is 6.07 Å². The highest BCUT2D eigenvalue weighted by Gasteiger charge is 2.15. The van der Waals surface area contributed by atoms with Crippen molar-refractivity contribution in [3.05, 3.63) is 36.7 Å². The molecule has 0 spiro atoms. The Labute approximate surface area is 122 Å². The normalized spacial score (nSPS) is 10.8. The first-order valence-electron chi connectivity index (χ1n) is 6.23. The molecule has 0 aliphatic carbocycles. The molecule has 0 aliphatic rings. The molecular formula is C13H14N4O3S. The fraction of sp³-hybridized carbons (Fsp3) is 0.231. The summed E-state index contributed by atoms with van der Waals surface area (Å²) in [5.41, 5.74) is 0.397. The van der Waals surface area contributed by atoms with E-state index in [1.54, 1.807) is 24.3 Å². The van der Waals surface area contributed by atoms with Crippen molar-refractivity contribution in [1.82, 2.24) is 10.2 Å². The van der Waals surface area contributed by atoms with Crippen molar-refractivity contribution in [2.24, 2.45) is 0 Å². The highest BCUT2D eigenvalue weighted by molar-refractivity contribution is 7.92. The molecule has 0 fully saturated rings. The van der Waals surface area contributed by atoms with Crippen molar-refractivity contribution >= 4 is 15.7 Å². The summed E-state index contributed by atoms with van der Waals surface area (Å²) >= 11 is 0. The maximum atomic E-state index is 12.0. The van der Waals surface area contributed by atoms with Gasteiger partial charge in [-0.25, -0.2) is 8.42 Å². The van der Waals surface area contributed by atoms with E-state index >= 15 is 0 Å². The van der Waals surface area contributed by atoms with Crippen LogP contribution in [0.3, 0.4) is 0 Å². The molecule has 0 amide bonds. The standard InChI is InChI=1S/C13H14N4O3S/c14-6-1-2-7-20-12-5-3-4-11(8-12)17-21(18,19)13-9-15-16-10-13/h3-5,8-10,17H,1-2,7H2,(H,15,16). The topological polar surface area (TPSA) is 108 Å². The Morgan fingerprint density at radius 3 is 3.00 bits per heavy atom. The van der Waals surface area contributed by atoms with Gasteiger partial charge in [-0.05, 0) is 18.6 Å². The molecule has 8 heteroatoms. The minimum atomic E-state index is -3.66. The van der Waals surface area contributed by atoms with Gasteiger partial charge in [-0.1, -0.05) is 6.07 Å². The number of sulfonamides is 1. The van der Waals surface area contributed by atoms with Gasteiger partial charge in [-0.2, -0.15) is 10.4 Å². The lowest BCUT2D eigenvalue weighted by atomic mass is 10.3. The molecule has 1 aromatic heterocycles. The third kappa shape index (κ3) is 4.22. The fourth-order valence-electron chi connectivity index (χ4n) is 1.59. The van der Waals surface area contributed by atoms with Crippen molar-refractivity contribution in [3.8, 4) is 11.8 Å². The van der Waals surface area contributed by atoms with Gasteiger partial charge in [0.25, 0.3) is 10.0 Å². The zero-order chi connectivity index (χ0) is 15.1. The second-order valence-electron chi connectivity index (χ2n) is 4.18. The Kier molecular flexibility index (Phi) is 4.79. The first-order valence-corrected chi connectivity index (χ1v) is 7.71. The summed E-state index contributed by atoms with van der Waals surface area (Å²) in [5, 5.41) is 14.5. The molecule has 0 aliphatic heterocycles. The molecule has 0 radical (unpaired) electrons. The van der Waals surface area contributed by atoms with Crippen molar-refractivity contribution in [3.63, 3.8) is 0 Å². The van der Waals surface area contributed by atoms with Gasteiger partial charge in [0.1, 0.15) is 10.6 Å². The summed E-state index contributed by atoms with van der Waals surface area (Å²) in [6.45, 7) is 0.408. The van der Waals surface area contributed by atoms with E-state index in [2.05, 4.69) is 14.9 Å². The Hall–Kier alpha value is -2.53. The van der Waals surface area contributed by atoms with E-state index in [0.29, 0.717) is 30.9 Å². The second kappa shape index (κ2) is 6.76. The van der Waals surface area contributed by atoms with Crippen LogP contribution in [0.25, 0.3) is 0 Å². The van der Waals surface area contributed by atoms with Gasteiger partial charge < -0.3 is 4.74 Å². The van der Waals surface area contributed by atoms with Gasteiger partial charge in [0.05, 0.1) is 24.6 Å². The smallest absolute Gasteiger partial charge is 0.265 e. The summed E-state index contributed by atoms with van der Waals surface area (Å²) in [7, 11) is -3.66. The van der Waals surface area contributed by atoms with Crippen LogP contribution in [-0.4, -0.2) is 25.2 Å². The molecule has 0 saturated carbocycles. The Morgan fingerprint density at radius 1 is 1.43 bits per heavy atom. The number of aromatic nitrogens is 2. The summed E-state index contributed by atoms with van der Waals surface area (Å²) < 4.78 is 31.9. The molecule has 1 heterocycles. The number of aromatic amines is 1. The lowest BCUT2D eigenvalue weighted by Crippen LogP contribution is -2.12. The molecule has 7 nitrogen and oxygen atoms in total. The maximum absolute atomic E-state index is 12.0. The van der Waals surface area contributed by atoms with Crippen LogP contribution in [0.4, 0.5) is 5.69 Å². The van der Waals surface area contributed by atoms with Crippen molar-refractivity contribution < 1.29 is 13.2 Å². The molecule has 1 aromatic carbocycles. The van der Waals surface area contributed by atoms with E-state index < -0.39 is 10.0 Å². The average molecular weight is 306 g/mol. The van der Waals surface area contributed by atoms with E-state index in [0.717, 1.165) is 0 Å². The molecule has 0 atom stereocenters. The van der Waals surface area contributed by atoms with Crippen LogP contribution in [0.2, 0.25) is 0 Å². The molecule has 2 rings (SSSR count). The lowest BCUT2D eigenvalue weighted by molar-refractivity contribution is 0.313. The zero-order valence-electron chi connectivity index (χ0n) is 11.1. The molecule has 21 heavy (non-hydrogen) atoms. The van der Waals surface area contributed by atoms with Crippen LogP contribution < -0.4 is 9.46 Å². The van der Waals surface area contributed by atoms with Gasteiger partial charge in [0, 0.05) is 18.7 Å². The number of hydrogen-bond acceptors (Lipinski definition) is 5. The number of nitrogens with one attached hydrogen (secondary N) is 2. The lowest BCUT2D eigenvalue weighted by Gasteiger charge is -2.09. The van der Waals surface area contributed by atoms with Gasteiger partial charge in [0.2, 0.25) is 0 Å². The summed E-state index contributed by atoms with van der Waals surface area (Å²) in [6.07, 6.45) is 3.57. The highest BCUT2D eigenvalue weighted by atomic mass is 32.2. The molecule has 0 saturated heterocycles. The number of H-pyrrole nitrogens is 1. The predicted molar refractivity (Wildman–Crippen MR) is 76.2 cm³/mol. The first kappa shape index (κ1) is 14.9. The zero-order valence-corrected chi connectivity index (χ0v) is 11.9. The molecule has 110 valence electrons. The predicted octanol–water partition coefficient (Wildman–Crippen LogP) is 1.89. The average Bonchev–Trinajstić information content (AvgIpc) is 2.99. The maximum Gasteiger partial charge on any atom is 0.265 e. The van der Waals surface area contributed by atoms with Gasteiger partial charge >= 0.3 is 0 Å². The monoisotopic (exact) mass is 306 g/mol. The largest absolute Gasteiger partial charge is 0.493 e. The number of ether oxygens (including phenoxy) is 1. The molecule has 2 N–H and O–H groups in total. The van der Waals surface area contributed by atoms with Crippen LogP contribution in [0, 0.1) is 11.3 Å². The van der Waals surface area contributed by atoms with Crippen LogP contribution in [0.5, 0.6) is 5.75 Å². The Balaban J connectivity index is 2.03. The van der Waals surface area contributed by atoms with Crippen LogP contribution in [-0.2, 0) is 10.0 Å². The third-order valence-corrected chi connectivity index (χ3v) is 3.92. The molecular weight excluding hydrogens is 292 g/mol. The number of nitrogens with zero attached hydrogens (tertiary/aromatic N) is 2. The molecule has 0 bridgehead atoms. The molecule has 2 aromatic rings. The van der Waals surface area contributed by atoms with Gasteiger partial charge in [0.15, 0.2) is 0 Å². The van der Waals surface area contributed by atoms with Crippen molar-refractivity contribution in [1.29, 1.82) is 5.26 Å². The fourth-order valence-corrected chi connectivity index (χ4v) is 2.55. The number of benzene rings is 1. The number of rotatable bonds is 7. The SMILES string of the molecule is N#CCCCOc1cccc(NS(=O)(=O)c2cn[nH]c2)c1. The van der Waals surface area contributed by atoms with Crippen molar-refractivity contribution in [2.75, 3.05) is 11.3 Å². The van der Waals surface area contributed by atoms with E-state index in [9.17, 15) is 8.42 Å². The van der Waals surface area contributed by atoms with Crippen LogP contribution in [0.15, 0.2) is 41.6 Å². The van der Waals surface area contributed by atoms with Crippen LogP contribution in [0.1, 0.15) is 12.8 Å². The van der Waals surface area contributed by atoms with Crippen LogP contribution >= 0.6 is 0 Å². The molecule has 0 unspecified atom stereocenters.